The van der Waals surface area contributed by atoms with Crippen molar-refractivity contribution in [2.75, 3.05) is 11.9 Å². The van der Waals surface area contributed by atoms with Gasteiger partial charge in [0.2, 0.25) is 0 Å². The zero-order valence-corrected chi connectivity index (χ0v) is 13.7. The topological polar surface area (TPSA) is 64.9 Å². The highest BCUT2D eigenvalue weighted by Crippen LogP contribution is 2.15. The summed E-state index contributed by atoms with van der Waals surface area (Å²) in [7, 11) is 0. The van der Waals surface area contributed by atoms with Crippen LogP contribution in [0.3, 0.4) is 0 Å². The monoisotopic (exact) mass is 323 g/mol. The number of nitrogens with zero attached hydrogens (tertiary/aromatic N) is 4. The van der Waals surface area contributed by atoms with Crippen LogP contribution in [-0.4, -0.2) is 26.4 Å². The number of hydrogen-bond donors (Lipinski definition) is 1. The third kappa shape index (κ3) is 4.32. The first-order valence-corrected chi connectivity index (χ1v) is 8.13. The first-order valence-electron chi connectivity index (χ1n) is 8.13. The van der Waals surface area contributed by atoms with Gasteiger partial charge in [-0.2, -0.15) is 5.10 Å². The minimum atomic E-state index is 0.655. The molecule has 1 N–H and O–H groups in total. The van der Waals surface area contributed by atoms with E-state index in [-0.39, 0.29) is 0 Å². The summed E-state index contributed by atoms with van der Waals surface area (Å²) in [6.07, 6.45) is 9.14. The summed E-state index contributed by atoms with van der Waals surface area (Å²) < 4.78 is 7.42. The molecule has 3 rings (SSSR count). The molecule has 2 heterocycles. The smallest absolute Gasteiger partial charge is 0.173 e. The Labute approximate surface area is 141 Å². The van der Waals surface area contributed by atoms with E-state index in [2.05, 4.69) is 33.4 Å². The van der Waals surface area contributed by atoms with Crippen LogP contribution in [0.4, 0.5) is 5.82 Å². The molecule has 1 aromatic carbocycles. The molecule has 0 fully saturated rings. The standard InChI is InChI=1S/C18H21N5O/c1-2-3-10-24-16-7-4-6-15(11-16)12-20-17-13-19-14-18(22-17)23-9-5-8-21-23/h4-9,11,13-14H,2-3,10,12H2,1H3,(H,20,22). The van der Waals surface area contributed by atoms with Crippen LogP contribution >= 0.6 is 0 Å². The molecule has 0 amide bonds. The molecule has 0 bridgehead atoms. The van der Waals surface area contributed by atoms with Crippen LogP contribution in [0.1, 0.15) is 25.3 Å². The molecule has 0 radical (unpaired) electrons. The van der Waals surface area contributed by atoms with E-state index >= 15 is 0 Å². The van der Waals surface area contributed by atoms with Crippen LogP contribution in [0.2, 0.25) is 0 Å². The molecule has 24 heavy (non-hydrogen) atoms. The van der Waals surface area contributed by atoms with Gasteiger partial charge in [-0.1, -0.05) is 25.5 Å². The third-order valence-corrected chi connectivity index (χ3v) is 3.50. The van der Waals surface area contributed by atoms with Crippen molar-refractivity contribution in [3.05, 3.63) is 60.7 Å². The van der Waals surface area contributed by atoms with Crippen LogP contribution in [0.5, 0.6) is 5.75 Å². The number of nitrogens with one attached hydrogen (secondary N) is 1. The third-order valence-electron chi connectivity index (χ3n) is 3.50. The molecule has 0 aliphatic rings. The van der Waals surface area contributed by atoms with Crippen molar-refractivity contribution >= 4 is 5.82 Å². The van der Waals surface area contributed by atoms with Crippen molar-refractivity contribution in [1.29, 1.82) is 0 Å². The molecule has 0 unspecified atom stereocenters. The van der Waals surface area contributed by atoms with E-state index in [0.717, 1.165) is 30.8 Å². The number of aromatic nitrogens is 4. The van der Waals surface area contributed by atoms with E-state index in [1.54, 1.807) is 23.3 Å². The quantitative estimate of drug-likeness (QED) is 0.643. The number of hydrogen-bond acceptors (Lipinski definition) is 5. The van der Waals surface area contributed by atoms with Crippen molar-refractivity contribution in [3.63, 3.8) is 0 Å². The summed E-state index contributed by atoms with van der Waals surface area (Å²) in [5.74, 6) is 2.29. The minimum absolute atomic E-state index is 0.655. The summed E-state index contributed by atoms with van der Waals surface area (Å²) in [5.41, 5.74) is 1.13. The Balaban J connectivity index is 1.61. The number of anilines is 1. The molecular weight excluding hydrogens is 302 g/mol. The first-order chi connectivity index (χ1) is 11.8. The number of unbranched alkanes of at least 4 members (excludes halogenated alkanes) is 1. The van der Waals surface area contributed by atoms with E-state index in [1.165, 1.54) is 0 Å². The van der Waals surface area contributed by atoms with Crippen LogP contribution in [0.25, 0.3) is 5.82 Å². The molecule has 6 heteroatoms. The van der Waals surface area contributed by atoms with Crippen molar-refractivity contribution in [3.8, 4) is 11.6 Å². The number of rotatable bonds is 8. The Hall–Kier alpha value is -2.89. The van der Waals surface area contributed by atoms with Crippen LogP contribution in [0, 0.1) is 0 Å². The van der Waals surface area contributed by atoms with Gasteiger partial charge in [0.05, 0.1) is 19.0 Å². The summed E-state index contributed by atoms with van der Waals surface area (Å²) in [5, 5.41) is 7.45. The minimum Gasteiger partial charge on any atom is -0.494 e. The highest BCUT2D eigenvalue weighted by Gasteiger charge is 2.02. The van der Waals surface area contributed by atoms with Gasteiger partial charge < -0.3 is 10.1 Å². The Morgan fingerprint density at radius 1 is 1.21 bits per heavy atom. The van der Waals surface area contributed by atoms with Crippen LogP contribution in [0.15, 0.2) is 55.1 Å². The Kier molecular flexibility index (Phi) is 5.40. The Morgan fingerprint density at radius 2 is 2.17 bits per heavy atom. The maximum atomic E-state index is 5.74. The zero-order valence-electron chi connectivity index (χ0n) is 13.7. The van der Waals surface area contributed by atoms with Gasteiger partial charge >= 0.3 is 0 Å². The molecule has 0 aliphatic carbocycles. The summed E-state index contributed by atoms with van der Waals surface area (Å²) in [6.45, 7) is 3.56. The van der Waals surface area contributed by atoms with Gasteiger partial charge in [0.1, 0.15) is 11.6 Å². The number of ether oxygens (including phenoxy) is 1. The molecule has 6 nitrogen and oxygen atoms in total. The van der Waals surface area contributed by atoms with Gasteiger partial charge in [0, 0.05) is 18.9 Å². The molecule has 3 aromatic rings. The Morgan fingerprint density at radius 3 is 3.00 bits per heavy atom. The maximum absolute atomic E-state index is 5.74. The van der Waals surface area contributed by atoms with Gasteiger partial charge in [-0.3, -0.25) is 4.98 Å². The predicted octanol–water partition coefficient (Wildman–Crippen LogP) is 3.45. The van der Waals surface area contributed by atoms with Gasteiger partial charge in [0.15, 0.2) is 5.82 Å². The summed E-state index contributed by atoms with van der Waals surface area (Å²) in [4.78, 5) is 8.72. The fraction of sp³-hybridized carbons (Fsp3) is 0.278. The van der Waals surface area contributed by atoms with E-state index in [0.29, 0.717) is 18.2 Å². The van der Waals surface area contributed by atoms with Crippen molar-refractivity contribution < 1.29 is 4.74 Å². The van der Waals surface area contributed by atoms with Crippen LogP contribution in [-0.2, 0) is 6.54 Å². The molecule has 0 atom stereocenters. The number of benzene rings is 1. The largest absolute Gasteiger partial charge is 0.494 e. The highest BCUT2D eigenvalue weighted by atomic mass is 16.5. The second kappa shape index (κ2) is 8.10. The predicted molar refractivity (Wildman–Crippen MR) is 93.3 cm³/mol. The van der Waals surface area contributed by atoms with E-state index in [1.807, 2.05) is 30.5 Å². The molecule has 0 saturated heterocycles. The molecule has 2 aromatic heterocycles. The van der Waals surface area contributed by atoms with Crippen molar-refractivity contribution in [2.45, 2.75) is 26.3 Å². The molecule has 124 valence electrons. The molecule has 0 saturated carbocycles. The Bertz CT molecular complexity index is 758. The van der Waals surface area contributed by atoms with E-state index < -0.39 is 0 Å². The second-order valence-electron chi connectivity index (χ2n) is 5.42. The van der Waals surface area contributed by atoms with Gasteiger partial charge in [0.25, 0.3) is 0 Å². The van der Waals surface area contributed by atoms with E-state index in [4.69, 9.17) is 4.74 Å². The molecular formula is C18H21N5O. The fourth-order valence-corrected chi connectivity index (χ4v) is 2.23. The normalized spacial score (nSPS) is 10.5. The summed E-state index contributed by atoms with van der Waals surface area (Å²) in [6, 6.07) is 9.95. The fourth-order valence-electron chi connectivity index (χ4n) is 2.23. The maximum Gasteiger partial charge on any atom is 0.173 e. The van der Waals surface area contributed by atoms with Gasteiger partial charge in [-0.25, -0.2) is 9.67 Å². The highest BCUT2D eigenvalue weighted by molar-refractivity contribution is 5.38. The SMILES string of the molecule is CCCCOc1cccc(CNc2cncc(-n3cccn3)n2)c1. The molecule has 0 aliphatic heterocycles. The lowest BCUT2D eigenvalue weighted by Crippen LogP contribution is -2.06. The summed E-state index contributed by atoms with van der Waals surface area (Å²) >= 11 is 0. The first kappa shape index (κ1) is 16.0. The lowest BCUT2D eigenvalue weighted by atomic mass is 10.2. The van der Waals surface area contributed by atoms with Crippen LogP contribution < -0.4 is 10.1 Å². The van der Waals surface area contributed by atoms with E-state index in [9.17, 15) is 0 Å². The van der Waals surface area contributed by atoms with Crippen molar-refractivity contribution in [1.82, 2.24) is 19.7 Å². The second-order valence-corrected chi connectivity index (χ2v) is 5.42. The average Bonchev–Trinajstić information content (AvgIpc) is 3.16. The van der Waals surface area contributed by atoms with Crippen molar-refractivity contribution in [2.24, 2.45) is 0 Å². The lowest BCUT2D eigenvalue weighted by molar-refractivity contribution is 0.309. The van der Waals surface area contributed by atoms with Gasteiger partial charge in [-0.15, -0.1) is 0 Å². The average molecular weight is 323 g/mol. The zero-order chi connectivity index (χ0) is 16.6. The van der Waals surface area contributed by atoms with Gasteiger partial charge in [-0.05, 0) is 30.2 Å². The lowest BCUT2D eigenvalue weighted by Gasteiger charge is -2.09. The molecule has 0 spiro atoms.